The summed E-state index contributed by atoms with van der Waals surface area (Å²) in [5, 5.41) is 0.531. The van der Waals surface area contributed by atoms with Gasteiger partial charge in [-0.05, 0) is 24.1 Å². The predicted molar refractivity (Wildman–Crippen MR) is 55.5 cm³/mol. The molecule has 0 heterocycles. The molecule has 1 aromatic carbocycles. The monoisotopic (exact) mass is 217 g/mol. The van der Waals surface area contributed by atoms with Gasteiger partial charge in [0.1, 0.15) is 5.75 Å². The number of alkyl halides is 1. The summed E-state index contributed by atoms with van der Waals surface area (Å²) in [5.41, 5.74) is 6.58. The largest absolute Gasteiger partial charge is 0.495 e. The number of methoxy groups -OCH3 is 1. The Labute approximate surface area is 87.8 Å². The van der Waals surface area contributed by atoms with Crippen LogP contribution < -0.4 is 10.5 Å². The summed E-state index contributed by atoms with van der Waals surface area (Å²) >= 11 is 5.84. The molecule has 0 radical (unpaired) electrons. The first-order valence-electron chi connectivity index (χ1n) is 4.34. The van der Waals surface area contributed by atoms with Crippen LogP contribution in [0.3, 0.4) is 0 Å². The Morgan fingerprint density at radius 2 is 2.29 bits per heavy atom. The standard InChI is InChI=1S/C10H13ClFNO/c1-14-10-6-7(2-3-8(10)11)9(13)4-5-12/h2-3,6,9H,4-5,13H2,1H3/t9-/m0/s1. The van der Waals surface area contributed by atoms with Crippen LogP contribution in [0.15, 0.2) is 18.2 Å². The summed E-state index contributed by atoms with van der Waals surface area (Å²) in [6.07, 6.45) is 0.310. The van der Waals surface area contributed by atoms with E-state index in [0.717, 1.165) is 5.56 Å². The van der Waals surface area contributed by atoms with Crippen molar-refractivity contribution in [1.82, 2.24) is 0 Å². The maximum absolute atomic E-state index is 12.1. The van der Waals surface area contributed by atoms with E-state index in [1.54, 1.807) is 18.2 Å². The molecule has 1 atom stereocenters. The molecule has 0 amide bonds. The first-order valence-corrected chi connectivity index (χ1v) is 4.71. The van der Waals surface area contributed by atoms with Crippen molar-refractivity contribution in [3.63, 3.8) is 0 Å². The molecule has 78 valence electrons. The molecule has 0 saturated carbocycles. The van der Waals surface area contributed by atoms with Gasteiger partial charge in [-0.2, -0.15) is 0 Å². The summed E-state index contributed by atoms with van der Waals surface area (Å²) in [4.78, 5) is 0. The fourth-order valence-electron chi connectivity index (χ4n) is 1.19. The van der Waals surface area contributed by atoms with Gasteiger partial charge in [0, 0.05) is 6.04 Å². The van der Waals surface area contributed by atoms with Gasteiger partial charge in [0.25, 0.3) is 0 Å². The van der Waals surface area contributed by atoms with Crippen LogP contribution >= 0.6 is 11.6 Å². The first-order chi connectivity index (χ1) is 6.69. The van der Waals surface area contributed by atoms with Crippen molar-refractivity contribution in [2.24, 2.45) is 5.73 Å². The molecule has 2 nitrogen and oxygen atoms in total. The molecule has 4 heteroatoms. The van der Waals surface area contributed by atoms with Gasteiger partial charge in [0.2, 0.25) is 0 Å². The quantitative estimate of drug-likeness (QED) is 0.842. The average Bonchev–Trinajstić information content (AvgIpc) is 2.19. The van der Waals surface area contributed by atoms with E-state index < -0.39 is 6.67 Å². The molecule has 1 aromatic rings. The predicted octanol–water partition coefficient (Wildman–Crippen LogP) is 2.71. The summed E-state index contributed by atoms with van der Waals surface area (Å²) in [6.45, 7) is -0.424. The van der Waals surface area contributed by atoms with Crippen molar-refractivity contribution < 1.29 is 9.13 Å². The smallest absolute Gasteiger partial charge is 0.137 e. The number of hydrogen-bond donors (Lipinski definition) is 1. The zero-order chi connectivity index (χ0) is 10.6. The Kier molecular flexibility index (Phi) is 4.17. The molecule has 2 N–H and O–H groups in total. The number of nitrogens with two attached hydrogens (primary N) is 1. The Morgan fingerprint density at radius 3 is 2.86 bits per heavy atom. The van der Waals surface area contributed by atoms with Gasteiger partial charge in [-0.25, -0.2) is 0 Å². The lowest BCUT2D eigenvalue weighted by atomic mass is 10.1. The number of ether oxygens (including phenoxy) is 1. The highest BCUT2D eigenvalue weighted by atomic mass is 35.5. The van der Waals surface area contributed by atoms with Crippen LogP contribution in [-0.2, 0) is 0 Å². The van der Waals surface area contributed by atoms with Crippen molar-refractivity contribution in [1.29, 1.82) is 0 Å². The topological polar surface area (TPSA) is 35.2 Å². The van der Waals surface area contributed by atoms with Crippen LogP contribution in [0.25, 0.3) is 0 Å². The highest BCUT2D eigenvalue weighted by molar-refractivity contribution is 6.32. The summed E-state index contributed by atoms with van der Waals surface area (Å²) < 4.78 is 17.1. The number of rotatable bonds is 4. The molecule has 0 aromatic heterocycles. The molecular weight excluding hydrogens is 205 g/mol. The molecule has 0 bridgehead atoms. The van der Waals surface area contributed by atoms with E-state index in [4.69, 9.17) is 22.1 Å². The molecular formula is C10H13ClFNO. The van der Waals surface area contributed by atoms with Crippen LogP contribution in [0.1, 0.15) is 18.0 Å². The molecule has 1 rings (SSSR count). The van der Waals surface area contributed by atoms with Crippen LogP contribution in [0, 0.1) is 0 Å². The highest BCUT2D eigenvalue weighted by Gasteiger charge is 2.08. The van der Waals surface area contributed by atoms with Crippen molar-refractivity contribution in [3.8, 4) is 5.75 Å². The molecule has 0 fully saturated rings. The summed E-state index contributed by atoms with van der Waals surface area (Å²) in [6, 6.07) is 4.92. The minimum absolute atomic E-state index is 0.300. The molecule has 0 aliphatic carbocycles. The maximum atomic E-state index is 12.1. The Bertz CT molecular complexity index is 306. The third kappa shape index (κ3) is 2.59. The third-order valence-corrected chi connectivity index (χ3v) is 2.34. The Morgan fingerprint density at radius 1 is 1.57 bits per heavy atom. The fraction of sp³-hybridized carbons (Fsp3) is 0.400. The summed E-state index contributed by atoms with van der Waals surface area (Å²) in [5.74, 6) is 0.568. The second-order valence-electron chi connectivity index (χ2n) is 2.98. The van der Waals surface area contributed by atoms with Crippen LogP contribution in [0.5, 0.6) is 5.75 Å². The fourth-order valence-corrected chi connectivity index (χ4v) is 1.39. The van der Waals surface area contributed by atoms with E-state index >= 15 is 0 Å². The minimum Gasteiger partial charge on any atom is -0.495 e. The van der Waals surface area contributed by atoms with E-state index in [0.29, 0.717) is 17.2 Å². The normalized spacial score (nSPS) is 12.6. The number of hydrogen-bond acceptors (Lipinski definition) is 2. The summed E-state index contributed by atoms with van der Waals surface area (Å²) in [7, 11) is 1.53. The van der Waals surface area contributed by atoms with Gasteiger partial charge in [-0.1, -0.05) is 17.7 Å². The van der Waals surface area contributed by atoms with E-state index in [9.17, 15) is 4.39 Å². The second-order valence-corrected chi connectivity index (χ2v) is 3.39. The van der Waals surface area contributed by atoms with Crippen molar-refractivity contribution >= 4 is 11.6 Å². The molecule has 0 saturated heterocycles. The van der Waals surface area contributed by atoms with Crippen LogP contribution in [0.4, 0.5) is 4.39 Å². The van der Waals surface area contributed by atoms with Gasteiger partial charge < -0.3 is 10.5 Å². The lowest BCUT2D eigenvalue weighted by Gasteiger charge is -2.11. The van der Waals surface area contributed by atoms with E-state index in [2.05, 4.69) is 0 Å². The zero-order valence-electron chi connectivity index (χ0n) is 7.97. The van der Waals surface area contributed by atoms with Crippen molar-refractivity contribution in [2.75, 3.05) is 13.8 Å². The van der Waals surface area contributed by atoms with Crippen LogP contribution in [-0.4, -0.2) is 13.8 Å². The molecule has 0 unspecified atom stereocenters. The SMILES string of the molecule is COc1cc([C@@H](N)CCF)ccc1Cl. The third-order valence-electron chi connectivity index (χ3n) is 2.02. The Hall–Kier alpha value is -0.800. The minimum atomic E-state index is -0.424. The number of halogens is 2. The maximum Gasteiger partial charge on any atom is 0.137 e. The molecule has 0 spiro atoms. The number of benzene rings is 1. The van der Waals surface area contributed by atoms with Gasteiger partial charge in [-0.3, -0.25) is 4.39 Å². The zero-order valence-corrected chi connectivity index (χ0v) is 8.72. The molecule has 14 heavy (non-hydrogen) atoms. The van der Waals surface area contributed by atoms with Gasteiger partial charge in [0.15, 0.2) is 0 Å². The van der Waals surface area contributed by atoms with Crippen molar-refractivity contribution in [3.05, 3.63) is 28.8 Å². The average molecular weight is 218 g/mol. The second kappa shape index (κ2) is 5.17. The van der Waals surface area contributed by atoms with Crippen molar-refractivity contribution in [2.45, 2.75) is 12.5 Å². The molecule has 0 aliphatic rings. The van der Waals surface area contributed by atoms with Gasteiger partial charge in [0.05, 0.1) is 18.8 Å². The van der Waals surface area contributed by atoms with Gasteiger partial charge in [-0.15, -0.1) is 0 Å². The Balaban J connectivity index is 2.88. The lowest BCUT2D eigenvalue weighted by Crippen LogP contribution is -2.10. The van der Waals surface area contributed by atoms with E-state index in [1.165, 1.54) is 7.11 Å². The lowest BCUT2D eigenvalue weighted by molar-refractivity contribution is 0.412. The van der Waals surface area contributed by atoms with E-state index in [1.807, 2.05) is 0 Å². The van der Waals surface area contributed by atoms with Gasteiger partial charge >= 0.3 is 0 Å². The van der Waals surface area contributed by atoms with E-state index in [-0.39, 0.29) is 6.04 Å². The molecule has 0 aliphatic heterocycles. The van der Waals surface area contributed by atoms with Crippen LogP contribution in [0.2, 0.25) is 5.02 Å². The first kappa shape index (κ1) is 11.3. The highest BCUT2D eigenvalue weighted by Crippen LogP contribution is 2.27.